The molecule has 1 aromatic heterocycles. The van der Waals surface area contributed by atoms with E-state index in [1.807, 2.05) is 0 Å². The highest BCUT2D eigenvalue weighted by Gasteiger charge is 2.05. The zero-order valence-corrected chi connectivity index (χ0v) is 9.25. The molecule has 0 saturated carbocycles. The van der Waals surface area contributed by atoms with Crippen LogP contribution < -0.4 is 5.73 Å². The second kappa shape index (κ2) is 5.53. The number of nitrogens with zero attached hydrogens (tertiary/aromatic N) is 2. The van der Waals surface area contributed by atoms with E-state index in [1.54, 1.807) is 30.5 Å². The maximum absolute atomic E-state index is 13.4. The van der Waals surface area contributed by atoms with Crippen LogP contribution in [0.1, 0.15) is 5.82 Å². The Kier molecular flexibility index (Phi) is 4.34. The van der Waals surface area contributed by atoms with Crippen molar-refractivity contribution in [3.05, 3.63) is 48.2 Å². The van der Waals surface area contributed by atoms with Gasteiger partial charge in [0.1, 0.15) is 11.6 Å². The second-order valence-electron chi connectivity index (χ2n) is 3.04. The highest BCUT2D eigenvalue weighted by molar-refractivity contribution is 5.85. The first kappa shape index (κ1) is 12.5. The molecule has 5 heteroatoms. The van der Waals surface area contributed by atoms with Gasteiger partial charge in [-0.25, -0.2) is 14.4 Å². The average molecular weight is 240 g/mol. The molecule has 2 aromatic rings. The second-order valence-corrected chi connectivity index (χ2v) is 3.04. The van der Waals surface area contributed by atoms with Crippen molar-refractivity contribution >= 4 is 12.4 Å². The number of hydrogen-bond acceptors (Lipinski definition) is 3. The predicted molar refractivity (Wildman–Crippen MR) is 62.6 cm³/mol. The summed E-state index contributed by atoms with van der Waals surface area (Å²) in [6, 6.07) is 8.15. The number of nitrogens with two attached hydrogens (primary N) is 1. The summed E-state index contributed by atoms with van der Waals surface area (Å²) in [5.41, 5.74) is 6.44. The number of hydrogen-bond donors (Lipinski definition) is 1. The minimum atomic E-state index is -0.292. The monoisotopic (exact) mass is 239 g/mol. The first-order chi connectivity index (χ1) is 7.31. The highest BCUT2D eigenvalue weighted by atomic mass is 35.5. The topological polar surface area (TPSA) is 51.8 Å². The van der Waals surface area contributed by atoms with Gasteiger partial charge in [-0.3, -0.25) is 0 Å². The molecule has 84 valence electrons. The normalized spacial score (nSPS) is 9.62. The molecule has 0 amide bonds. The summed E-state index contributed by atoms with van der Waals surface area (Å²) >= 11 is 0. The summed E-state index contributed by atoms with van der Waals surface area (Å²) < 4.78 is 13.4. The molecule has 2 N–H and O–H groups in total. The number of aromatic nitrogens is 2. The van der Waals surface area contributed by atoms with Gasteiger partial charge in [0.15, 0.2) is 0 Å². The lowest BCUT2D eigenvalue weighted by molar-refractivity contribution is 0.630. The number of benzene rings is 1. The molecule has 16 heavy (non-hydrogen) atoms. The van der Waals surface area contributed by atoms with Crippen molar-refractivity contribution in [1.29, 1.82) is 0 Å². The predicted octanol–water partition coefficient (Wildman–Crippen LogP) is 2.16. The smallest absolute Gasteiger partial charge is 0.142 e. The summed E-state index contributed by atoms with van der Waals surface area (Å²) in [4.78, 5) is 8.10. The van der Waals surface area contributed by atoms with E-state index in [4.69, 9.17) is 5.73 Å². The maximum Gasteiger partial charge on any atom is 0.142 e. The van der Waals surface area contributed by atoms with Gasteiger partial charge in [-0.1, -0.05) is 12.1 Å². The Balaban J connectivity index is 0.00000128. The molecule has 0 aliphatic heterocycles. The molecule has 0 unspecified atom stereocenters. The summed E-state index contributed by atoms with van der Waals surface area (Å²) in [6.07, 6.45) is 1.58. The fourth-order valence-corrected chi connectivity index (χ4v) is 1.32. The third-order valence-electron chi connectivity index (χ3n) is 2.04. The van der Waals surface area contributed by atoms with Gasteiger partial charge in [-0.15, -0.1) is 12.4 Å². The fraction of sp³-hybridized carbons (Fsp3) is 0.0909. The standard InChI is InChI=1S/C11H10FN3.ClH/c12-9-4-2-1-3-8(9)10-5-6-14-11(7-13)15-10;/h1-6H,7,13H2;1H. The largest absolute Gasteiger partial charge is 0.324 e. The molecule has 0 fully saturated rings. The van der Waals surface area contributed by atoms with E-state index < -0.39 is 0 Å². The van der Waals surface area contributed by atoms with Crippen LogP contribution in [-0.4, -0.2) is 9.97 Å². The van der Waals surface area contributed by atoms with Crippen molar-refractivity contribution in [2.75, 3.05) is 0 Å². The Morgan fingerprint density at radius 1 is 1.19 bits per heavy atom. The van der Waals surface area contributed by atoms with Crippen LogP contribution in [0.25, 0.3) is 11.3 Å². The van der Waals surface area contributed by atoms with E-state index in [1.165, 1.54) is 6.07 Å². The summed E-state index contributed by atoms with van der Waals surface area (Å²) in [5, 5.41) is 0. The molecule has 0 radical (unpaired) electrons. The maximum atomic E-state index is 13.4. The number of rotatable bonds is 2. The Labute approximate surface area is 99.0 Å². The molecular weight excluding hydrogens is 229 g/mol. The van der Waals surface area contributed by atoms with Crippen LogP contribution in [0.2, 0.25) is 0 Å². The van der Waals surface area contributed by atoms with E-state index in [0.29, 0.717) is 17.1 Å². The van der Waals surface area contributed by atoms with Crippen molar-refractivity contribution < 1.29 is 4.39 Å². The molecule has 1 heterocycles. The van der Waals surface area contributed by atoms with Gasteiger partial charge in [0.05, 0.1) is 12.2 Å². The molecule has 0 aliphatic carbocycles. The molecule has 0 aliphatic rings. The summed E-state index contributed by atoms with van der Waals surface area (Å²) in [6.45, 7) is 0.252. The van der Waals surface area contributed by atoms with Gasteiger partial charge in [0.2, 0.25) is 0 Å². The zero-order chi connectivity index (χ0) is 10.7. The lowest BCUT2D eigenvalue weighted by Gasteiger charge is -2.03. The Hall–Kier alpha value is -1.52. The minimum absolute atomic E-state index is 0. The third-order valence-corrected chi connectivity index (χ3v) is 2.04. The minimum Gasteiger partial charge on any atom is -0.324 e. The van der Waals surface area contributed by atoms with Crippen molar-refractivity contribution in [2.24, 2.45) is 5.73 Å². The SMILES string of the molecule is Cl.NCc1nccc(-c2ccccc2F)n1. The van der Waals surface area contributed by atoms with Gasteiger partial charge >= 0.3 is 0 Å². The lowest BCUT2D eigenvalue weighted by atomic mass is 10.1. The molecule has 0 atom stereocenters. The van der Waals surface area contributed by atoms with Gasteiger partial charge in [0.25, 0.3) is 0 Å². The van der Waals surface area contributed by atoms with Gasteiger partial charge in [-0.05, 0) is 18.2 Å². The molecule has 0 bridgehead atoms. The van der Waals surface area contributed by atoms with E-state index >= 15 is 0 Å². The molecule has 2 rings (SSSR count). The van der Waals surface area contributed by atoms with E-state index in [2.05, 4.69) is 9.97 Å². The van der Waals surface area contributed by atoms with Crippen molar-refractivity contribution in [2.45, 2.75) is 6.54 Å². The molecular formula is C11H11ClFN3. The summed E-state index contributed by atoms with van der Waals surface area (Å²) in [5.74, 6) is 0.218. The van der Waals surface area contributed by atoms with Crippen LogP contribution in [0.15, 0.2) is 36.5 Å². The molecule has 0 saturated heterocycles. The lowest BCUT2D eigenvalue weighted by Crippen LogP contribution is -2.03. The third kappa shape index (κ3) is 2.53. The molecule has 0 spiro atoms. The summed E-state index contributed by atoms with van der Waals surface area (Å²) in [7, 11) is 0. The Bertz CT molecular complexity index is 476. The highest BCUT2D eigenvalue weighted by Crippen LogP contribution is 2.19. The van der Waals surface area contributed by atoms with E-state index in [9.17, 15) is 4.39 Å². The van der Waals surface area contributed by atoms with E-state index in [-0.39, 0.29) is 24.8 Å². The molecule has 3 nitrogen and oxygen atoms in total. The molecule has 1 aromatic carbocycles. The van der Waals surface area contributed by atoms with Crippen LogP contribution in [0.5, 0.6) is 0 Å². The quantitative estimate of drug-likeness (QED) is 0.874. The van der Waals surface area contributed by atoms with Crippen molar-refractivity contribution in [1.82, 2.24) is 9.97 Å². The van der Waals surface area contributed by atoms with Gasteiger partial charge < -0.3 is 5.73 Å². The van der Waals surface area contributed by atoms with Crippen molar-refractivity contribution in [3.63, 3.8) is 0 Å². The van der Waals surface area contributed by atoms with E-state index in [0.717, 1.165) is 0 Å². The van der Waals surface area contributed by atoms with Crippen LogP contribution in [0.4, 0.5) is 4.39 Å². The Morgan fingerprint density at radius 2 is 1.94 bits per heavy atom. The van der Waals surface area contributed by atoms with Gasteiger partial charge in [0, 0.05) is 11.8 Å². The zero-order valence-electron chi connectivity index (χ0n) is 8.43. The Morgan fingerprint density at radius 3 is 2.62 bits per heavy atom. The van der Waals surface area contributed by atoms with Crippen LogP contribution in [-0.2, 0) is 6.54 Å². The van der Waals surface area contributed by atoms with Crippen LogP contribution in [0.3, 0.4) is 0 Å². The van der Waals surface area contributed by atoms with Crippen molar-refractivity contribution in [3.8, 4) is 11.3 Å². The van der Waals surface area contributed by atoms with Gasteiger partial charge in [-0.2, -0.15) is 0 Å². The van der Waals surface area contributed by atoms with Crippen LogP contribution in [0, 0.1) is 5.82 Å². The number of halogens is 2. The first-order valence-corrected chi connectivity index (χ1v) is 4.58. The average Bonchev–Trinajstić information content (AvgIpc) is 2.30. The van der Waals surface area contributed by atoms with Crippen LogP contribution >= 0.6 is 12.4 Å². The fourth-order valence-electron chi connectivity index (χ4n) is 1.32. The first-order valence-electron chi connectivity index (χ1n) is 4.58.